The molecule has 2 rings (SSSR count). The average Bonchev–Trinajstić information content (AvgIpc) is 2.12. The van der Waals surface area contributed by atoms with Crippen molar-refractivity contribution in [3.63, 3.8) is 0 Å². The van der Waals surface area contributed by atoms with Crippen LogP contribution >= 0.6 is 0 Å². The summed E-state index contributed by atoms with van der Waals surface area (Å²) in [5, 5.41) is 0. The predicted molar refractivity (Wildman–Crippen MR) is 55.7 cm³/mol. The Hall–Kier alpha value is -1.45. The number of ketones is 1. The van der Waals surface area contributed by atoms with Crippen molar-refractivity contribution in [1.82, 2.24) is 4.98 Å². The zero-order valence-corrected chi connectivity index (χ0v) is 8.61. The zero-order chi connectivity index (χ0) is 10.8. The van der Waals surface area contributed by atoms with Gasteiger partial charge in [-0.3, -0.25) is 4.79 Å². The molecule has 4 heteroatoms. The van der Waals surface area contributed by atoms with Crippen LogP contribution in [-0.4, -0.2) is 30.0 Å². The lowest BCUT2D eigenvalue weighted by atomic mass is 10.1. The van der Waals surface area contributed by atoms with Gasteiger partial charge in [0, 0.05) is 6.42 Å². The molecule has 80 valence electrons. The molecule has 1 fully saturated rings. The van der Waals surface area contributed by atoms with Gasteiger partial charge in [0.25, 0.3) is 0 Å². The molecule has 1 aromatic rings. The maximum absolute atomic E-state index is 12.6. The number of anilines is 1. The Bertz CT molecular complexity index is 375. The lowest BCUT2D eigenvalue weighted by Crippen LogP contribution is -2.48. The topological polar surface area (TPSA) is 33.2 Å². The van der Waals surface area contributed by atoms with Gasteiger partial charge in [0.05, 0.1) is 18.8 Å². The first-order chi connectivity index (χ1) is 7.15. The van der Waals surface area contributed by atoms with Gasteiger partial charge in [-0.05, 0) is 19.1 Å². The van der Waals surface area contributed by atoms with E-state index in [4.69, 9.17) is 0 Å². The van der Waals surface area contributed by atoms with Crippen LogP contribution in [0.2, 0.25) is 0 Å². The summed E-state index contributed by atoms with van der Waals surface area (Å²) in [6.07, 6.45) is -0.385. The Morgan fingerprint density at radius 2 is 2.33 bits per heavy atom. The number of pyridine rings is 1. The fraction of sp³-hybridized carbons (Fsp3) is 0.455. The Labute approximate surface area is 87.9 Å². The quantitative estimate of drug-likeness (QED) is 0.752. The van der Waals surface area contributed by atoms with E-state index in [0.29, 0.717) is 19.5 Å². The number of hydrogen-bond donors (Lipinski definition) is 0. The molecule has 0 radical (unpaired) electrons. The van der Waals surface area contributed by atoms with Crippen molar-refractivity contribution in [2.75, 3.05) is 18.0 Å². The molecule has 2 heterocycles. The summed E-state index contributed by atoms with van der Waals surface area (Å²) in [5.74, 6) is 0.856. The van der Waals surface area contributed by atoms with Crippen LogP contribution in [0.4, 0.5) is 10.2 Å². The van der Waals surface area contributed by atoms with Crippen LogP contribution in [0.25, 0.3) is 0 Å². The second-order valence-electron chi connectivity index (χ2n) is 3.87. The molecule has 0 aromatic carbocycles. The van der Waals surface area contributed by atoms with E-state index in [1.807, 2.05) is 23.1 Å². The van der Waals surface area contributed by atoms with Gasteiger partial charge in [0.15, 0.2) is 0 Å². The smallest absolute Gasteiger partial charge is 0.135 e. The summed E-state index contributed by atoms with van der Waals surface area (Å²) in [4.78, 5) is 17.1. The number of carbonyl (C=O) groups is 1. The van der Waals surface area contributed by atoms with E-state index >= 15 is 0 Å². The zero-order valence-electron chi connectivity index (χ0n) is 8.61. The number of carbonyl (C=O) groups excluding carboxylic acids is 1. The first-order valence-electron chi connectivity index (χ1n) is 4.99. The maximum atomic E-state index is 12.6. The lowest BCUT2D eigenvalue weighted by Gasteiger charge is -2.35. The third kappa shape index (κ3) is 2.32. The normalized spacial score (nSPS) is 16.3. The molecule has 0 spiro atoms. The summed E-state index contributed by atoms with van der Waals surface area (Å²) in [6.45, 7) is 2.36. The first-order valence-corrected chi connectivity index (χ1v) is 4.99. The minimum absolute atomic E-state index is 0.0895. The Morgan fingerprint density at radius 1 is 1.60 bits per heavy atom. The number of rotatable bonds is 3. The standard InChI is InChI=1S/C11H13FN2O/c1-8(15)5-10-3-2-4-11(13-10)14-6-9(12)7-14/h2-4,9H,5-7H2,1H3. The highest BCUT2D eigenvalue weighted by molar-refractivity contribution is 5.77. The first kappa shape index (κ1) is 10.1. The molecule has 0 aliphatic carbocycles. The number of aromatic nitrogens is 1. The van der Waals surface area contributed by atoms with Crippen molar-refractivity contribution in [2.24, 2.45) is 0 Å². The minimum Gasteiger partial charge on any atom is -0.351 e. The molecule has 0 unspecified atom stereocenters. The number of nitrogens with zero attached hydrogens (tertiary/aromatic N) is 2. The highest BCUT2D eigenvalue weighted by atomic mass is 19.1. The van der Waals surface area contributed by atoms with Crippen molar-refractivity contribution in [1.29, 1.82) is 0 Å². The largest absolute Gasteiger partial charge is 0.351 e. The van der Waals surface area contributed by atoms with Crippen molar-refractivity contribution >= 4 is 11.6 Å². The molecule has 0 N–H and O–H groups in total. The second kappa shape index (κ2) is 3.96. The van der Waals surface area contributed by atoms with Gasteiger partial charge >= 0.3 is 0 Å². The van der Waals surface area contributed by atoms with Crippen LogP contribution in [0.3, 0.4) is 0 Å². The maximum Gasteiger partial charge on any atom is 0.135 e. The van der Waals surface area contributed by atoms with E-state index in [1.165, 1.54) is 6.92 Å². The van der Waals surface area contributed by atoms with E-state index in [0.717, 1.165) is 11.5 Å². The van der Waals surface area contributed by atoms with E-state index in [-0.39, 0.29) is 5.78 Å². The van der Waals surface area contributed by atoms with Gasteiger partial charge in [0.2, 0.25) is 0 Å². The molecule has 1 aliphatic rings. The Kier molecular flexibility index (Phi) is 2.66. The van der Waals surface area contributed by atoms with E-state index in [1.54, 1.807) is 0 Å². The van der Waals surface area contributed by atoms with Crippen molar-refractivity contribution in [3.05, 3.63) is 23.9 Å². The van der Waals surface area contributed by atoms with Crippen molar-refractivity contribution < 1.29 is 9.18 Å². The highest BCUT2D eigenvalue weighted by Gasteiger charge is 2.27. The summed E-state index contributed by atoms with van der Waals surface area (Å²) in [7, 11) is 0. The highest BCUT2D eigenvalue weighted by Crippen LogP contribution is 2.20. The summed E-state index contributed by atoms with van der Waals surface area (Å²) >= 11 is 0. The molecule has 15 heavy (non-hydrogen) atoms. The molecule has 1 aliphatic heterocycles. The van der Waals surface area contributed by atoms with E-state index < -0.39 is 6.17 Å². The monoisotopic (exact) mass is 208 g/mol. The van der Waals surface area contributed by atoms with Crippen LogP contribution in [0, 0.1) is 0 Å². The van der Waals surface area contributed by atoms with E-state index in [2.05, 4.69) is 4.98 Å². The molecule has 0 saturated carbocycles. The van der Waals surface area contributed by atoms with Gasteiger partial charge in [0.1, 0.15) is 17.8 Å². The molecule has 0 atom stereocenters. The fourth-order valence-electron chi connectivity index (χ4n) is 1.61. The molecular formula is C11H13FN2O. The minimum atomic E-state index is -0.733. The number of alkyl halides is 1. The van der Waals surface area contributed by atoms with Crippen LogP contribution in [0.15, 0.2) is 18.2 Å². The van der Waals surface area contributed by atoms with Crippen LogP contribution in [0.1, 0.15) is 12.6 Å². The molecule has 3 nitrogen and oxygen atoms in total. The third-order valence-electron chi connectivity index (χ3n) is 2.38. The predicted octanol–water partition coefficient (Wildman–Crippen LogP) is 1.37. The lowest BCUT2D eigenvalue weighted by molar-refractivity contribution is -0.116. The van der Waals surface area contributed by atoms with Gasteiger partial charge < -0.3 is 4.90 Å². The van der Waals surface area contributed by atoms with Crippen molar-refractivity contribution in [3.8, 4) is 0 Å². The number of Topliss-reactive ketones (excluding diaryl/α,β-unsaturated/α-hetero) is 1. The molecule has 1 aromatic heterocycles. The molecule has 0 amide bonds. The average molecular weight is 208 g/mol. The fourth-order valence-corrected chi connectivity index (χ4v) is 1.61. The summed E-state index contributed by atoms with van der Waals surface area (Å²) in [5.41, 5.74) is 0.752. The molecular weight excluding hydrogens is 195 g/mol. The Morgan fingerprint density at radius 3 is 2.93 bits per heavy atom. The summed E-state index contributed by atoms with van der Waals surface area (Å²) < 4.78 is 12.6. The van der Waals surface area contributed by atoms with Crippen LogP contribution in [-0.2, 0) is 11.2 Å². The van der Waals surface area contributed by atoms with Crippen LogP contribution in [0.5, 0.6) is 0 Å². The van der Waals surface area contributed by atoms with Gasteiger partial charge in [-0.1, -0.05) is 6.07 Å². The van der Waals surface area contributed by atoms with Crippen molar-refractivity contribution in [2.45, 2.75) is 19.5 Å². The third-order valence-corrected chi connectivity index (χ3v) is 2.38. The number of halogens is 1. The van der Waals surface area contributed by atoms with Gasteiger partial charge in [-0.15, -0.1) is 0 Å². The van der Waals surface area contributed by atoms with Gasteiger partial charge in [-0.25, -0.2) is 9.37 Å². The van der Waals surface area contributed by atoms with Crippen LogP contribution < -0.4 is 4.90 Å². The van der Waals surface area contributed by atoms with E-state index in [9.17, 15) is 9.18 Å². The SMILES string of the molecule is CC(=O)Cc1cccc(N2CC(F)C2)n1. The Balaban J connectivity index is 2.09. The molecule has 1 saturated heterocycles. The second-order valence-corrected chi connectivity index (χ2v) is 3.87. The molecule has 0 bridgehead atoms. The number of hydrogen-bond acceptors (Lipinski definition) is 3. The summed E-state index contributed by atoms with van der Waals surface area (Å²) in [6, 6.07) is 5.51. The van der Waals surface area contributed by atoms with Gasteiger partial charge in [-0.2, -0.15) is 0 Å².